The average Bonchev–Trinajstić information content (AvgIpc) is 2.12. The maximum Gasteiger partial charge on any atom is 0.573 e. The van der Waals surface area contributed by atoms with Crippen LogP contribution in [0.15, 0.2) is 24.3 Å². The van der Waals surface area contributed by atoms with Crippen LogP contribution in [-0.4, -0.2) is 16.4 Å². The molecule has 1 aromatic rings. The van der Waals surface area contributed by atoms with E-state index in [1.807, 2.05) is 22.6 Å². The van der Waals surface area contributed by atoms with Crippen LogP contribution in [0.2, 0.25) is 0 Å². The zero-order valence-corrected chi connectivity index (χ0v) is 10.7. The zero-order valence-electron chi connectivity index (χ0n) is 7.80. The molecule has 0 fully saturated rings. The Morgan fingerprint density at radius 1 is 1.31 bits per heavy atom. The summed E-state index contributed by atoms with van der Waals surface area (Å²) in [5, 5.41) is 0. The van der Waals surface area contributed by atoms with Crippen molar-refractivity contribution in [2.75, 3.05) is 6.61 Å². The van der Waals surface area contributed by atoms with Gasteiger partial charge in [0.2, 0.25) is 0 Å². The van der Waals surface area contributed by atoms with Gasteiger partial charge in [0.25, 0.3) is 0 Å². The van der Waals surface area contributed by atoms with Crippen molar-refractivity contribution in [1.82, 2.24) is 0 Å². The lowest BCUT2D eigenvalue weighted by Gasteiger charge is -2.11. The SMILES string of the molecule is FC(F)(F)Oc1cccc(OCC(Cl)I)c1. The molecule has 1 rings (SSSR count). The average molecular weight is 367 g/mol. The molecule has 0 N–H and O–H groups in total. The van der Waals surface area contributed by atoms with Crippen molar-refractivity contribution in [1.29, 1.82) is 0 Å². The van der Waals surface area contributed by atoms with Crippen molar-refractivity contribution >= 4 is 34.2 Å². The molecule has 0 aliphatic carbocycles. The minimum atomic E-state index is -4.70. The van der Waals surface area contributed by atoms with Gasteiger partial charge in [-0.2, -0.15) is 0 Å². The van der Waals surface area contributed by atoms with Gasteiger partial charge in [-0.15, -0.1) is 24.8 Å². The molecule has 0 saturated heterocycles. The summed E-state index contributed by atoms with van der Waals surface area (Å²) in [6.07, 6.45) is -4.70. The van der Waals surface area contributed by atoms with E-state index in [0.717, 1.165) is 6.07 Å². The molecule has 0 bridgehead atoms. The van der Waals surface area contributed by atoms with Gasteiger partial charge < -0.3 is 9.47 Å². The lowest BCUT2D eigenvalue weighted by atomic mass is 10.3. The Labute approximate surface area is 109 Å². The molecular weight excluding hydrogens is 359 g/mol. The molecule has 16 heavy (non-hydrogen) atoms. The Morgan fingerprint density at radius 3 is 2.50 bits per heavy atom. The Hall–Kier alpha value is -0.370. The molecular formula is C9H7ClF3IO2. The van der Waals surface area contributed by atoms with Crippen LogP contribution >= 0.6 is 34.2 Å². The van der Waals surface area contributed by atoms with E-state index in [-0.39, 0.29) is 21.5 Å². The van der Waals surface area contributed by atoms with Crippen molar-refractivity contribution in [3.8, 4) is 11.5 Å². The highest BCUT2D eigenvalue weighted by atomic mass is 127. The van der Waals surface area contributed by atoms with Gasteiger partial charge in [0.05, 0.1) is 0 Å². The summed E-state index contributed by atoms with van der Waals surface area (Å²) in [5.41, 5.74) is 0. The summed E-state index contributed by atoms with van der Waals surface area (Å²) in [5.74, 6) is -0.0337. The van der Waals surface area contributed by atoms with Crippen molar-refractivity contribution in [3.63, 3.8) is 0 Å². The molecule has 0 saturated carbocycles. The molecule has 0 radical (unpaired) electrons. The lowest BCUT2D eigenvalue weighted by Crippen LogP contribution is -2.17. The molecule has 2 nitrogen and oxygen atoms in total. The fraction of sp³-hybridized carbons (Fsp3) is 0.333. The first kappa shape index (κ1) is 13.7. The Bertz CT molecular complexity index is 344. The molecule has 0 aromatic heterocycles. The van der Waals surface area contributed by atoms with E-state index in [9.17, 15) is 13.2 Å². The summed E-state index contributed by atoms with van der Waals surface area (Å²) in [4.78, 5) is 0. The van der Waals surface area contributed by atoms with Crippen LogP contribution in [0.25, 0.3) is 0 Å². The fourth-order valence-electron chi connectivity index (χ4n) is 0.920. The second-order valence-corrected chi connectivity index (χ2v) is 5.49. The number of ether oxygens (including phenoxy) is 2. The molecule has 1 unspecified atom stereocenters. The minimum Gasteiger partial charge on any atom is -0.491 e. The molecule has 0 amide bonds. The Balaban J connectivity index is 2.64. The van der Waals surface area contributed by atoms with Gasteiger partial charge in [0.15, 0.2) is 0 Å². The third kappa shape index (κ3) is 5.64. The van der Waals surface area contributed by atoms with Gasteiger partial charge in [-0.25, -0.2) is 0 Å². The quantitative estimate of drug-likeness (QED) is 0.593. The Kier molecular flexibility index (Phi) is 4.97. The lowest BCUT2D eigenvalue weighted by molar-refractivity contribution is -0.274. The standard InChI is InChI=1S/C9H7ClF3IO2/c10-8(14)5-15-6-2-1-3-7(4-6)16-9(11,12)13/h1-4,8H,5H2. The van der Waals surface area contributed by atoms with E-state index in [2.05, 4.69) is 4.74 Å². The maximum atomic E-state index is 11.9. The van der Waals surface area contributed by atoms with Crippen molar-refractivity contribution < 1.29 is 22.6 Å². The summed E-state index contributed by atoms with van der Waals surface area (Å²) in [6, 6.07) is 5.29. The number of hydrogen-bond acceptors (Lipinski definition) is 2. The summed E-state index contributed by atoms with van der Waals surface area (Å²) < 4.78 is 44.3. The topological polar surface area (TPSA) is 18.5 Å². The zero-order chi connectivity index (χ0) is 12.2. The van der Waals surface area contributed by atoms with E-state index in [1.165, 1.54) is 18.2 Å². The molecule has 1 aromatic carbocycles. The number of benzene rings is 1. The predicted octanol–water partition coefficient (Wildman–Crippen LogP) is 3.96. The van der Waals surface area contributed by atoms with Gasteiger partial charge >= 0.3 is 6.36 Å². The molecule has 0 aliphatic rings. The number of hydrogen-bond donors (Lipinski definition) is 0. The largest absolute Gasteiger partial charge is 0.573 e. The van der Waals surface area contributed by atoms with Crippen molar-refractivity contribution in [2.45, 2.75) is 9.75 Å². The second-order valence-electron chi connectivity index (χ2n) is 2.72. The normalized spacial score (nSPS) is 13.3. The second kappa shape index (κ2) is 5.81. The van der Waals surface area contributed by atoms with Crippen LogP contribution in [0.4, 0.5) is 13.2 Å². The highest BCUT2D eigenvalue weighted by molar-refractivity contribution is 14.1. The molecule has 0 spiro atoms. The highest BCUT2D eigenvalue weighted by Gasteiger charge is 2.31. The first-order valence-electron chi connectivity index (χ1n) is 4.13. The van der Waals surface area contributed by atoms with Gasteiger partial charge in [0.1, 0.15) is 21.5 Å². The number of rotatable bonds is 4. The fourth-order valence-corrected chi connectivity index (χ4v) is 1.16. The van der Waals surface area contributed by atoms with E-state index in [1.54, 1.807) is 0 Å². The van der Waals surface area contributed by atoms with Gasteiger partial charge in [-0.3, -0.25) is 0 Å². The highest BCUT2D eigenvalue weighted by Crippen LogP contribution is 2.26. The van der Waals surface area contributed by atoms with Crippen LogP contribution in [0.1, 0.15) is 0 Å². The van der Waals surface area contributed by atoms with Crippen LogP contribution in [0, 0.1) is 0 Å². The predicted molar refractivity (Wildman–Crippen MR) is 62.3 cm³/mol. The summed E-state index contributed by atoms with van der Waals surface area (Å²) >= 11 is 7.55. The van der Waals surface area contributed by atoms with E-state index < -0.39 is 6.36 Å². The molecule has 0 aliphatic heterocycles. The summed E-state index contributed by atoms with van der Waals surface area (Å²) in [6.45, 7) is 0.206. The van der Waals surface area contributed by atoms with Crippen molar-refractivity contribution in [2.24, 2.45) is 0 Å². The monoisotopic (exact) mass is 366 g/mol. The van der Waals surface area contributed by atoms with Crippen LogP contribution in [0.5, 0.6) is 11.5 Å². The molecule has 90 valence electrons. The van der Waals surface area contributed by atoms with E-state index in [0.29, 0.717) is 0 Å². The third-order valence-corrected chi connectivity index (χ3v) is 1.90. The third-order valence-electron chi connectivity index (χ3n) is 1.42. The number of halogens is 5. The molecule has 7 heteroatoms. The van der Waals surface area contributed by atoms with Crippen molar-refractivity contribution in [3.05, 3.63) is 24.3 Å². The number of alkyl halides is 5. The molecule has 0 heterocycles. The smallest absolute Gasteiger partial charge is 0.491 e. The van der Waals surface area contributed by atoms with Gasteiger partial charge in [-0.05, 0) is 12.1 Å². The maximum absolute atomic E-state index is 11.9. The first-order valence-corrected chi connectivity index (χ1v) is 5.82. The van der Waals surface area contributed by atoms with Crippen LogP contribution in [0.3, 0.4) is 0 Å². The van der Waals surface area contributed by atoms with Gasteiger partial charge in [0, 0.05) is 6.07 Å². The summed E-state index contributed by atoms with van der Waals surface area (Å²) in [7, 11) is 0. The Morgan fingerprint density at radius 2 is 1.94 bits per heavy atom. The van der Waals surface area contributed by atoms with E-state index >= 15 is 0 Å². The first-order chi connectivity index (χ1) is 7.37. The minimum absolute atomic E-state index is 0.206. The van der Waals surface area contributed by atoms with E-state index in [4.69, 9.17) is 16.3 Å². The molecule has 1 atom stereocenters. The van der Waals surface area contributed by atoms with Crippen LogP contribution < -0.4 is 9.47 Å². The van der Waals surface area contributed by atoms with Gasteiger partial charge in [-0.1, -0.05) is 28.7 Å². The van der Waals surface area contributed by atoms with Crippen LogP contribution in [-0.2, 0) is 0 Å².